The number of aliphatic hydroxyl groups excluding tert-OH is 2. The Bertz CT molecular complexity index is 229. The summed E-state index contributed by atoms with van der Waals surface area (Å²) in [6.45, 7) is 1.60. The maximum Gasteiger partial charge on any atom is 0.332 e. The van der Waals surface area contributed by atoms with Gasteiger partial charge in [-0.25, -0.2) is 4.79 Å². The van der Waals surface area contributed by atoms with Crippen LogP contribution in [0.3, 0.4) is 0 Å². The lowest BCUT2D eigenvalue weighted by Gasteiger charge is -1.99. The molecule has 0 aromatic heterocycles. The van der Waals surface area contributed by atoms with Crippen LogP contribution in [0.2, 0.25) is 0 Å². The number of hydrogen-bond acceptors (Lipinski definition) is 5. The van der Waals surface area contributed by atoms with E-state index in [0.29, 0.717) is 13.0 Å². The van der Waals surface area contributed by atoms with Crippen molar-refractivity contribution in [2.24, 2.45) is 0 Å². The van der Waals surface area contributed by atoms with Crippen molar-refractivity contribution in [1.82, 2.24) is 5.32 Å². The fourth-order valence-electron chi connectivity index (χ4n) is 0.905. The molecule has 7 heteroatoms. The first-order valence-electron chi connectivity index (χ1n) is 4.39. The maximum atomic E-state index is 10.2. The molecule has 0 aromatic carbocycles. The Labute approximate surface area is 86.3 Å². The molecule has 0 bridgehead atoms. The van der Waals surface area contributed by atoms with Crippen LogP contribution in [0.1, 0.15) is 13.3 Å². The third-order valence-electron chi connectivity index (χ3n) is 1.76. The molecule has 1 fully saturated rings. The number of carboxylic acid groups (broad SMARTS) is 2. The molecule has 1 unspecified atom stereocenters. The summed E-state index contributed by atoms with van der Waals surface area (Å²) in [5.74, 6) is -2.07. The molecule has 0 amide bonds. The van der Waals surface area contributed by atoms with E-state index in [2.05, 4.69) is 5.32 Å². The van der Waals surface area contributed by atoms with Crippen molar-refractivity contribution in [3.05, 3.63) is 0 Å². The highest BCUT2D eigenvalue weighted by Gasteiger charge is 2.27. The monoisotopic (exact) mass is 221 g/mol. The van der Waals surface area contributed by atoms with E-state index in [1.54, 1.807) is 0 Å². The molecule has 1 rings (SSSR count). The average Bonchev–Trinajstić information content (AvgIpc) is 2.52. The molecule has 0 saturated carbocycles. The second-order valence-corrected chi connectivity index (χ2v) is 3.20. The van der Waals surface area contributed by atoms with E-state index < -0.39 is 30.2 Å². The summed E-state index contributed by atoms with van der Waals surface area (Å²) in [5, 5.41) is 35.6. The Kier molecular flexibility index (Phi) is 5.83. The Morgan fingerprint density at radius 2 is 1.87 bits per heavy atom. The van der Waals surface area contributed by atoms with Crippen LogP contribution in [0.25, 0.3) is 0 Å². The molecular weight excluding hydrogens is 206 g/mol. The van der Waals surface area contributed by atoms with E-state index in [-0.39, 0.29) is 0 Å². The predicted octanol–water partition coefficient (Wildman–Crippen LogP) is -1.75. The predicted molar refractivity (Wildman–Crippen MR) is 49.4 cm³/mol. The van der Waals surface area contributed by atoms with Crippen LogP contribution in [0.5, 0.6) is 0 Å². The highest BCUT2D eigenvalue weighted by atomic mass is 16.4. The molecule has 0 radical (unpaired) electrons. The number of nitrogens with one attached hydrogen (secondary N) is 1. The summed E-state index contributed by atoms with van der Waals surface area (Å²) in [7, 11) is 0. The van der Waals surface area contributed by atoms with Crippen LogP contribution in [-0.4, -0.2) is 57.2 Å². The van der Waals surface area contributed by atoms with E-state index >= 15 is 0 Å². The van der Waals surface area contributed by atoms with Gasteiger partial charge in [-0.05, 0) is 6.92 Å². The van der Waals surface area contributed by atoms with Gasteiger partial charge in [-0.15, -0.1) is 0 Å². The normalized spacial score (nSPS) is 26.3. The fourth-order valence-corrected chi connectivity index (χ4v) is 0.905. The lowest BCUT2D eigenvalue weighted by atomic mass is 10.2. The molecule has 1 aliphatic heterocycles. The zero-order chi connectivity index (χ0) is 12.0. The summed E-state index contributed by atoms with van der Waals surface area (Å²) >= 11 is 0. The van der Waals surface area contributed by atoms with E-state index in [0.717, 1.165) is 0 Å². The Hall–Kier alpha value is -1.18. The highest BCUT2D eigenvalue weighted by Crippen LogP contribution is 2.05. The first kappa shape index (κ1) is 13.8. The minimum atomic E-state index is -1.23. The minimum absolute atomic E-state index is 0.329. The SMILES string of the molecule is CC(O)C(=O)O.O=C(O)[C@@H]1C[C@@H](O)CN1. The fraction of sp³-hybridized carbons (Fsp3) is 0.750. The van der Waals surface area contributed by atoms with E-state index in [1.165, 1.54) is 6.92 Å². The van der Waals surface area contributed by atoms with Gasteiger partial charge in [-0.1, -0.05) is 0 Å². The van der Waals surface area contributed by atoms with E-state index in [1.807, 2.05) is 0 Å². The molecule has 1 saturated heterocycles. The summed E-state index contributed by atoms with van der Waals surface area (Å²) in [6, 6.07) is -0.542. The molecule has 1 heterocycles. The topological polar surface area (TPSA) is 127 Å². The van der Waals surface area contributed by atoms with Gasteiger partial charge in [0.15, 0.2) is 0 Å². The number of carboxylic acids is 2. The van der Waals surface area contributed by atoms with Crippen LogP contribution in [-0.2, 0) is 9.59 Å². The van der Waals surface area contributed by atoms with Crippen LogP contribution in [0.4, 0.5) is 0 Å². The van der Waals surface area contributed by atoms with Crippen molar-refractivity contribution in [3.63, 3.8) is 0 Å². The molecule has 0 aromatic rings. The second kappa shape index (κ2) is 6.33. The molecule has 3 atom stereocenters. The Morgan fingerprint density at radius 3 is 2.00 bits per heavy atom. The summed E-state index contributed by atoms with van der Waals surface area (Å²) in [6.07, 6.45) is -1.38. The quantitative estimate of drug-likeness (QED) is 0.374. The van der Waals surface area contributed by atoms with Gasteiger partial charge in [0.25, 0.3) is 0 Å². The molecule has 0 aliphatic carbocycles. The van der Waals surface area contributed by atoms with Crippen molar-refractivity contribution in [2.75, 3.05) is 6.54 Å². The van der Waals surface area contributed by atoms with Gasteiger partial charge in [0.05, 0.1) is 6.10 Å². The first-order valence-corrected chi connectivity index (χ1v) is 4.39. The minimum Gasteiger partial charge on any atom is -0.480 e. The largest absolute Gasteiger partial charge is 0.480 e. The molecular formula is C8H15NO6. The van der Waals surface area contributed by atoms with E-state index in [9.17, 15) is 9.59 Å². The third kappa shape index (κ3) is 6.00. The molecule has 5 N–H and O–H groups in total. The highest BCUT2D eigenvalue weighted by molar-refractivity contribution is 5.73. The zero-order valence-corrected chi connectivity index (χ0v) is 8.25. The first-order chi connectivity index (χ1) is 6.84. The Balaban J connectivity index is 0.000000288. The summed E-state index contributed by atoms with van der Waals surface area (Å²) < 4.78 is 0. The third-order valence-corrected chi connectivity index (χ3v) is 1.76. The second-order valence-electron chi connectivity index (χ2n) is 3.20. The standard InChI is InChI=1S/C5H9NO3.C3H6O3/c7-3-1-4(5(8)9)6-2-3;1-2(4)3(5)6/h3-4,6-7H,1-2H2,(H,8,9);2,4H,1H3,(H,5,6)/t3-,4+;/m1./s1. The summed E-state index contributed by atoms with van der Waals surface area (Å²) in [4.78, 5) is 19.6. The lowest BCUT2D eigenvalue weighted by Crippen LogP contribution is -2.29. The van der Waals surface area contributed by atoms with Gasteiger partial charge in [0, 0.05) is 13.0 Å². The van der Waals surface area contributed by atoms with Gasteiger partial charge >= 0.3 is 11.9 Å². The number of hydrogen-bond donors (Lipinski definition) is 5. The molecule has 15 heavy (non-hydrogen) atoms. The van der Waals surface area contributed by atoms with Crippen molar-refractivity contribution >= 4 is 11.9 Å². The van der Waals surface area contributed by atoms with Crippen molar-refractivity contribution in [1.29, 1.82) is 0 Å². The van der Waals surface area contributed by atoms with Gasteiger partial charge < -0.3 is 25.7 Å². The average molecular weight is 221 g/mol. The summed E-state index contributed by atoms with van der Waals surface area (Å²) in [5.41, 5.74) is 0. The van der Waals surface area contributed by atoms with Crippen molar-refractivity contribution in [3.8, 4) is 0 Å². The van der Waals surface area contributed by atoms with Crippen LogP contribution >= 0.6 is 0 Å². The molecule has 1 aliphatic rings. The van der Waals surface area contributed by atoms with Gasteiger partial charge in [0.1, 0.15) is 12.1 Å². The van der Waals surface area contributed by atoms with Crippen molar-refractivity contribution < 1.29 is 30.0 Å². The van der Waals surface area contributed by atoms with Crippen LogP contribution in [0.15, 0.2) is 0 Å². The molecule has 88 valence electrons. The zero-order valence-electron chi connectivity index (χ0n) is 8.25. The number of aliphatic carboxylic acids is 2. The Morgan fingerprint density at radius 1 is 1.40 bits per heavy atom. The number of β-amino-alcohol motifs (C(OH)–C–C–N with tert-alkyl or cyclic N) is 1. The molecule has 7 nitrogen and oxygen atoms in total. The number of aliphatic hydroxyl groups is 2. The van der Waals surface area contributed by atoms with Gasteiger partial charge in [-0.3, -0.25) is 4.79 Å². The van der Waals surface area contributed by atoms with E-state index in [4.69, 9.17) is 20.4 Å². The van der Waals surface area contributed by atoms with Crippen molar-refractivity contribution in [2.45, 2.75) is 31.6 Å². The van der Waals surface area contributed by atoms with Crippen LogP contribution in [0, 0.1) is 0 Å². The van der Waals surface area contributed by atoms with Gasteiger partial charge in [-0.2, -0.15) is 0 Å². The maximum absolute atomic E-state index is 10.2. The number of carbonyl (C=O) groups is 2. The van der Waals surface area contributed by atoms with Gasteiger partial charge in [0.2, 0.25) is 0 Å². The lowest BCUT2D eigenvalue weighted by molar-refractivity contribution is -0.145. The van der Waals surface area contributed by atoms with Crippen LogP contribution < -0.4 is 5.32 Å². The molecule has 0 spiro atoms. The number of rotatable bonds is 2. The smallest absolute Gasteiger partial charge is 0.332 e.